The normalized spacial score (nSPS) is 10.4. The van der Waals surface area contributed by atoms with Gasteiger partial charge in [-0.05, 0) is 18.2 Å². The van der Waals surface area contributed by atoms with E-state index in [2.05, 4.69) is 4.99 Å². The molecule has 0 heterocycles. The maximum atomic E-state index is 8.24. The number of methoxy groups -OCH3 is 1. The number of benzene rings is 1. The molecule has 0 radical (unpaired) electrons. The molecule has 4 nitrogen and oxygen atoms in total. The minimum Gasteiger partial charge on any atom is -0.495 e. The summed E-state index contributed by atoms with van der Waals surface area (Å²) in [4.78, 5) is 3.83. The molecule has 0 aliphatic carbocycles. The molecule has 1 aromatic rings. The van der Waals surface area contributed by atoms with Crippen molar-refractivity contribution in [1.82, 2.24) is 5.48 Å². The van der Waals surface area contributed by atoms with E-state index in [1.807, 2.05) is 0 Å². The molecular weight excluding hydrogens is 192 g/mol. The Balaban J connectivity index is 2.89. The lowest BCUT2D eigenvalue weighted by molar-refractivity contribution is 0.240. The van der Waals surface area contributed by atoms with Gasteiger partial charge >= 0.3 is 0 Å². The van der Waals surface area contributed by atoms with Gasteiger partial charge in [-0.3, -0.25) is 10.7 Å². The maximum absolute atomic E-state index is 8.24. The first-order valence-electron chi connectivity index (χ1n) is 3.53. The Labute approximate surface area is 80.8 Å². The molecule has 1 aromatic carbocycles. The highest BCUT2D eigenvalue weighted by molar-refractivity contribution is 6.32. The van der Waals surface area contributed by atoms with Crippen molar-refractivity contribution in [3.05, 3.63) is 23.2 Å². The van der Waals surface area contributed by atoms with Gasteiger partial charge in [-0.2, -0.15) is 0 Å². The van der Waals surface area contributed by atoms with Gasteiger partial charge in [-0.1, -0.05) is 11.6 Å². The zero-order chi connectivity index (χ0) is 9.68. The third-order valence-electron chi connectivity index (χ3n) is 1.41. The molecule has 0 unspecified atom stereocenters. The van der Waals surface area contributed by atoms with Gasteiger partial charge in [0.2, 0.25) is 0 Å². The van der Waals surface area contributed by atoms with Crippen LogP contribution >= 0.6 is 11.6 Å². The third-order valence-corrected chi connectivity index (χ3v) is 1.70. The maximum Gasteiger partial charge on any atom is 0.137 e. The van der Waals surface area contributed by atoms with E-state index in [4.69, 9.17) is 21.5 Å². The van der Waals surface area contributed by atoms with Crippen LogP contribution in [0.4, 0.5) is 5.69 Å². The molecule has 0 fully saturated rings. The van der Waals surface area contributed by atoms with Gasteiger partial charge in [0.1, 0.15) is 12.1 Å². The van der Waals surface area contributed by atoms with E-state index in [1.54, 1.807) is 30.8 Å². The van der Waals surface area contributed by atoms with Crippen molar-refractivity contribution in [2.75, 3.05) is 7.11 Å². The summed E-state index contributed by atoms with van der Waals surface area (Å²) < 4.78 is 4.96. The molecule has 70 valence electrons. The van der Waals surface area contributed by atoms with Crippen LogP contribution in [-0.4, -0.2) is 18.7 Å². The highest BCUT2D eigenvalue weighted by Gasteiger charge is 1.99. The second kappa shape index (κ2) is 4.69. The summed E-state index contributed by atoms with van der Waals surface area (Å²) in [6.07, 6.45) is 1.15. The van der Waals surface area contributed by atoms with E-state index in [9.17, 15) is 0 Å². The number of hydroxylamine groups is 1. The fraction of sp³-hybridized carbons (Fsp3) is 0.125. The van der Waals surface area contributed by atoms with Crippen LogP contribution in [0.5, 0.6) is 5.75 Å². The Bertz CT molecular complexity index is 315. The van der Waals surface area contributed by atoms with Gasteiger partial charge in [0.05, 0.1) is 17.8 Å². The molecule has 1 rings (SSSR count). The quantitative estimate of drug-likeness (QED) is 0.446. The van der Waals surface area contributed by atoms with Crippen LogP contribution in [0.15, 0.2) is 23.2 Å². The summed E-state index contributed by atoms with van der Waals surface area (Å²) in [6.45, 7) is 0. The van der Waals surface area contributed by atoms with Crippen LogP contribution in [0, 0.1) is 0 Å². The van der Waals surface area contributed by atoms with Crippen molar-refractivity contribution in [1.29, 1.82) is 0 Å². The molecule has 0 aliphatic rings. The van der Waals surface area contributed by atoms with E-state index in [-0.39, 0.29) is 0 Å². The first kappa shape index (κ1) is 9.83. The Kier molecular flexibility index (Phi) is 3.54. The molecule has 2 N–H and O–H groups in total. The number of hydrogen-bond donors (Lipinski definition) is 2. The second-order valence-corrected chi connectivity index (χ2v) is 2.61. The molecule has 0 spiro atoms. The van der Waals surface area contributed by atoms with E-state index in [0.717, 1.165) is 6.34 Å². The Morgan fingerprint density at radius 2 is 2.38 bits per heavy atom. The van der Waals surface area contributed by atoms with E-state index < -0.39 is 0 Å². The predicted octanol–water partition coefficient (Wildman–Crippen LogP) is 1.99. The molecule has 0 atom stereocenters. The standard InChI is InChI=1S/C8H9ClN2O2/c1-13-8-3-2-6(4-7(8)9)10-5-11-12/h2-5,12H,1H3,(H,10,11). The number of nitrogens with one attached hydrogen (secondary N) is 1. The largest absolute Gasteiger partial charge is 0.495 e. The number of halogens is 1. The van der Waals surface area contributed by atoms with Gasteiger partial charge in [0.25, 0.3) is 0 Å². The number of aliphatic imine (C=N–C) groups is 1. The van der Waals surface area contributed by atoms with Gasteiger partial charge in [-0.25, -0.2) is 4.99 Å². The molecular formula is C8H9ClN2O2. The zero-order valence-electron chi connectivity index (χ0n) is 6.99. The van der Waals surface area contributed by atoms with E-state index in [0.29, 0.717) is 16.5 Å². The van der Waals surface area contributed by atoms with Crippen LogP contribution in [0.25, 0.3) is 0 Å². The Hall–Kier alpha value is -1.26. The SMILES string of the molecule is COc1ccc(N=CNO)cc1Cl. The summed E-state index contributed by atoms with van der Waals surface area (Å²) in [7, 11) is 1.54. The van der Waals surface area contributed by atoms with Gasteiger partial charge < -0.3 is 4.74 Å². The summed E-state index contributed by atoms with van der Waals surface area (Å²) in [6, 6.07) is 5.05. The van der Waals surface area contributed by atoms with Crippen molar-refractivity contribution in [3.63, 3.8) is 0 Å². The Morgan fingerprint density at radius 3 is 2.92 bits per heavy atom. The van der Waals surface area contributed by atoms with Crippen LogP contribution < -0.4 is 10.2 Å². The van der Waals surface area contributed by atoms with Crippen molar-refractivity contribution in [3.8, 4) is 5.75 Å². The second-order valence-electron chi connectivity index (χ2n) is 2.21. The Morgan fingerprint density at radius 1 is 1.62 bits per heavy atom. The molecule has 5 heteroatoms. The first-order chi connectivity index (χ1) is 6.27. The van der Waals surface area contributed by atoms with Gasteiger partial charge in [0, 0.05) is 0 Å². The molecule has 0 saturated heterocycles. The topological polar surface area (TPSA) is 53.8 Å². The fourth-order valence-corrected chi connectivity index (χ4v) is 1.09. The highest BCUT2D eigenvalue weighted by Crippen LogP contribution is 2.28. The predicted molar refractivity (Wildman–Crippen MR) is 51.1 cm³/mol. The minimum absolute atomic E-state index is 0.482. The van der Waals surface area contributed by atoms with Crippen LogP contribution in [-0.2, 0) is 0 Å². The molecule has 0 amide bonds. The number of hydrogen-bond acceptors (Lipinski definition) is 3. The molecule has 0 aromatic heterocycles. The zero-order valence-corrected chi connectivity index (χ0v) is 7.75. The van der Waals surface area contributed by atoms with Crippen LogP contribution in [0.3, 0.4) is 0 Å². The monoisotopic (exact) mass is 200 g/mol. The molecule has 0 bridgehead atoms. The average molecular weight is 201 g/mol. The molecule has 0 saturated carbocycles. The highest BCUT2D eigenvalue weighted by atomic mass is 35.5. The third kappa shape index (κ3) is 2.61. The van der Waals surface area contributed by atoms with Crippen molar-refractivity contribution >= 4 is 23.6 Å². The number of rotatable bonds is 3. The summed E-state index contributed by atoms with van der Waals surface area (Å²) >= 11 is 5.83. The summed E-state index contributed by atoms with van der Waals surface area (Å²) in [5.41, 5.74) is 2.43. The number of ether oxygens (including phenoxy) is 1. The lowest BCUT2D eigenvalue weighted by Crippen LogP contribution is -2.00. The van der Waals surface area contributed by atoms with Crippen LogP contribution in [0.2, 0.25) is 5.02 Å². The fourth-order valence-electron chi connectivity index (χ4n) is 0.839. The average Bonchev–Trinajstić information content (AvgIpc) is 2.15. The van der Waals surface area contributed by atoms with Gasteiger partial charge in [-0.15, -0.1) is 0 Å². The summed E-state index contributed by atoms with van der Waals surface area (Å²) in [5.74, 6) is 0.595. The minimum atomic E-state index is 0.482. The lowest BCUT2D eigenvalue weighted by Gasteiger charge is -2.02. The van der Waals surface area contributed by atoms with E-state index in [1.165, 1.54) is 0 Å². The van der Waals surface area contributed by atoms with Crippen molar-refractivity contribution in [2.45, 2.75) is 0 Å². The first-order valence-corrected chi connectivity index (χ1v) is 3.91. The van der Waals surface area contributed by atoms with Crippen molar-refractivity contribution < 1.29 is 9.94 Å². The number of nitrogens with zero attached hydrogens (tertiary/aromatic N) is 1. The van der Waals surface area contributed by atoms with Crippen molar-refractivity contribution in [2.24, 2.45) is 4.99 Å². The van der Waals surface area contributed by atoms with Gasteiger partial charge in [0.15, 0.2) is 0 Å². The van der Waals surface area contributed by atoms with Crippen LogP contribution in [0.1, 0.15) is 0 Å². The van der Waals surface area contributed by atoms with E-state index >= 15 is 0 Å². The lowest BCUT2D eigenvalue weighted by atomic mass is 10.3. The summed E-state index contributed by atoms with van der Waals surface area (Å²) in [5, 5.41) is 8.72. The molecule has 0 aliphatic heterocycles. The smallest absolute Gasteiger partial charge is 0.137 e. The molecule has 13 heavy (non-hydrogen) atoms.